The highest BCUT2D eigenvalue weighted by Gasteiger charge is 2.32. The minimum Gasteiger partial charge on any atom is -0.404 e. The van der Waals surface area contributed by atoms with E-state index < -0.39 is 17.5 Å². The summed E-state index contributed by atoms with van der Waals surface area (Å²) in [6.45, 7) is 3.37. The van der Waals surface area contributed by atoms with Crippen LogP contribution in [0, 0.1) is 0 Å². The number of alkyl halides is 3. The summed E-state index contributed by atoms with van der Waals surface area (Å²) >= 11 is 5.69. The zero-order valence-electron chi connectivity index (χ0n) is 9.31. The van der Waals surface area contributed by atoms with Crippen molar-refractivity contribution in [1.29, 1.82) is 0 Å². The molecule has 2 nitrogen and oxygen atoms in total. The predicted octanol–water partition coefficient (Wildman–Crippen LogP) is 3.51. The van der Waals surface area contributed by atoms with E-state index in [0.29, 0.717) is 5.56 Å². The van der Waals surface area contributed by atoms with E-state index in [1.54, 1.807) is 13.8 Å². The van der Waals surface area contributed by atoms with Crippen molar-refractivity contribution in [2.45, 2.75) is 25.6 Å². The van der Waals surface area contributed by atoms with Gasteiger partial charge in [0.05, 0.1) is 11.6 Å². The molecule has 1 rings (SSSR count). The van der Waals surface area contributed by atoms with Crippen LogP contribution in [-0.2, 0) is 5.41 Å². The summed E-state index contributed by atoms with van der Waals surface area (Å²) in [5, 5.41) is 9.00. The molecule has 96 valence electrons. The fourth-order valence-corrected chi connectivity index (χ4v) is 1.44. The van der Waals surface area contributed by atoms with Crippen LogP contribution < -0.4 is 4.74 Å². The van der Waals surface area contributed by atoms with Crippen molar-refractivity contribution < 1.29 is 23.0 Å². The van der Waals surface area contributed by atoms with Crippen LogP contribution in [0.1, 0.15) is 19.4 Å². The van der Waals surface area contributed by atoms with Gasteiger partial charge >= 0.3 is 6.36 Å². The molecule has 0 saturated heterocycles. The third kappa shape index (κ3) is 3.78. The SMILES string of the molecule is CC(C)(CO)c1ccc(OC(F)(F)F)c(Cl)c1. The average Bonchev–Trinajstić information content (AvgIpc) is 2.19. The van der Waals surface area contributed by atoms with Gasteiger partial charge in [-0.05, 0) is 17.7 Å². The molecule has 0 fully saturated rings. The van der Waals surface area contributed by atoms with E-state index >= 15 is 0 Å². The molecule has 0 radical (unpaired) electrons. The van der Waals surface area contributed by atoms with Gasteiger partial charge in [0.1, 0.15) is 5.75 Å². The molecule has 1 aromatic carbocycles. The lowest BCUT2D eigenvalue weighted by Crippen LogP contribution is -2.22. The van der Waals surface area contributed by atoms with Crippen molar-refractivity contribution in [2.75, 3.05) is 6.61 Å². The Kier molecular flexibility index (Phi) is 3.94. The van der Waals surface area contributed by atoms with Gasteiger partial charge < -0.3 is 9.84 Å². The maximum atomic E-state index is 12.0. The van der Waals surface area contributed by atoms with E-state index in [1.807, 2.05) is 0 Å². The second-order valence-electron chi connectivity index (χ2n) is 4.24. The number of hydrogen-bond donors (Lipinski definition) is 1. The summed E-state index contributed by atoms with van der Waals surface area (Å²) < 4.78 is 39.7. The Labute approximate surface area is 102 Å². The Bertz CT molecular complexity index is 402. The van der Waals surface area contributed by atoms with Gasteiger partial charge in [0.25, 0.3) is 0 Å². The van der Waals surface area contributed by atoms with Crippen molar-refractivity contribution in [3.05, 3.63) is 28.8 Å². The van der Waals surface area contributed by atoms with Gasteiger partial charge in [-0.25, -0.2) is 0 Å². The highest BCUT2D eigenvalue weighted by Crippen LogP contribution is 2.34. The van der Waals surface area contributed by atoms with Crippen molar-refractivity contribution in [2.24, 2.45) is 0 Å². The Morgan fingerprint density at radius 2 is 1.88 bits per heavy atom. The number of aliphatic hydroxyl groups excluding tert-OH is 1. The van der Waals surface area contributed by atoms with Crippen molar-refractivity contribution in [1.82, 2.24) is 0 Å². The van der Waals surface area contributed by atoms with E-state index in [0.717, 1.165) is 6.07 Å². The van der Waals surface area contributed by atoms with Gasteiger partial charge in [0, 0.05) is 5.41 Å². The van der Waals surface area contributed by atoms with Crippen LogP contribution >= 0.6 is 11.6 Å². The van der Waals surface area contributed by atoms with Gasteiger partial charge in [-0.1, -0.05) is 31.5 Å². The standard InChI is InChI=1S/C11H12ClF3O2/c1-10(2,6-16)7-3-4-9(8(12)5-7)17-11(13,14)15/h3-5,16H,6H2,1-2H3. The van der Waals surface area contributed by atoms with E-state index in [2.05, 4.69) is 4.74 Å². The highest BCUT2D eigenvalue weighted by molar-refractivity contribution is 6.32. The largest absolute Gasteiger partial charge is 0.573 e. The molecule has 0 unspecified atom stereocenters. The molecule has 0 aliphatic carbocycles. The van der Waals surface area contributed by atoms with Crippen LogP contribution in [-0.4, -0.2) is 18.1 Å². The molecule has 0 aliphatic rings. The monoisotopic (exact) mass is 268 g/mol. The summed E-state index contributed by atoms with van der Waals surface area (Å²) in [5.41, 5.74) is 0.0694. The van der Waals surface area contributed by atoms with Crippen LogP contribution in [0.2, 0.25) is 5.02 Å². The van der Waals surface area contributed by atoms with Crippen molar-refractivity contribution >= 4 is 11.6 Å². The lowest BCUT2D eigenvalue weighted by atomic mass is 9.86. The van der Waals surface area contributed by atoms with Crippen molar-refractivity contribution in [3.8, 4) is 5.75 Å². The summed E-state index contributed by atoms with van der Waals surface area (Å²) in [4.78, 5) is 0. The molecule has 0 spiro atoms. The number of benzene rings is 1. The average molecular weight is 269 g/mol. The van der Waals surface area contributed by atoms with E-state index in [9.17, 15) is 13.2 Å². The first-order valence-corrected chi connectivity index (χ1v) is 5.20. The molecule has 0 aromatic heterocycles. The molecular formula is C11H12ClF3O2. The van der Waals surface area contributed by atoms with Gasteiger partial charge in [0.15, 0.2) is 0 Å². The predicted molar refractivity (Wildman–Crippen MR) is 58.2 cm³/mol. The van der Waals surface area contributed by atoms with Crippen LogP contribution in [0.3, 0.4) is 0 Å². The fraction of sp³-hybridized carbons (Fsp3) is 0.455. The van der Waals surface area contributed by atoms with Gasteiger partial charge in [-0.2, -0.15) is 0 Å². The Morgan fingerprint density at radius 3 is 2.29 bits per heavy atom. The summed E-state index contributed by atoms with van der Waals surface area (Å²) in [7, 11) is 0. The van der Waals surface area contributed by atoms with E-state index in [-0.39, 0.29) is 11.6 Å². The quantitative estimate of drug-likeness (QED) is 0.909. The Hall–Kier alpha value is -0.940. The molecule has 0 saturated carbocycles. The number of ether oxygens (including phenoxy) is 1. The first-order valence-electron chi connectivity index (χ1n) is 4.82. The zero-order valence-corrected chi connectivity index (χ0v) is 10.1. The maximum Gasteiger partial charge on any atom is 0.573 e. The minimum atomic E-state index is -4.77. The molecule has 0 aliphatic heterocycles. The van der Waals surface area contributed by atoms with Gasteiger partial charge in [-0.3, -0.25) is 0 Å². The number of halogens is 4. The van der Waals surface area contributed by atoms with Crippen LogP contribution in [0.25, 0.3) is 0 Å². The number of rotatable bonds is 3. The summed E-state index contributed by atoms with van der Waals surface area (Å²) in [6, 6.07) is 3.95. The molecule has 0 bridgehead atoms. The third-order valence-electron chi connectivity index (χ3n) is 2.33. The second kappa shape index (κ2) is 4.74. The molecule has 17 heavy (non-hydrogen) atoms. The Balaban J connectivity index is 3.02. The maximum absolute atomic E-state index is 12.0. The summed E-state index contributed by atoms with van der Waals surface area (Å²) in [5.74, 6) is -0.448. The van der Waals surface area contributed by atoms with E-state index in [1.165, 1.54) is 12.1 Å². The highest BCUT2D eigenvalue weighted by atomic mass is 35.5. The molecule has 0 atom stereocenters. The molecular weight excluding hydrogens is 257 g/mol. The van der Waals surface area contributed by atoms with Gasteiger partial charge in [0.2, 0.25) is 0 Å². The normalized spacial score (nSPS) is 12.6. The molecule has 0 amide bonds. The topological polar surface area (TPSA) is 29.5 Å². The minimum absolute atomic E-state index is 0.136. The van der Waals surface area contributed by atoms with Crippen LogP contribution in [0.15, 0.2) is 18.2 Å². The summed E-state index contributed by atoms with van der Waals surface area (Å²) in [6.07, 6.45) is -4.77. The first-order chi connectivity index (χ1) is 7.65. The second-order valence-corrected chi connectivity index (χ2v) is 4.64. The smallest absolute Gasteiger partial charge is 0.404 e. The molecule has 6 heteroatoms. The molecule has 1 aromatic rings. The lowest BCUT2D eigenvalue weighted by Gasteiger charge is -2.23. The van der Waals surface area contributed by atoms with E-state index in [4.69, 9.17) is 16.7 Å². The molecule has 1 N–H and O–H groups in total. The molecule has 0 heterocycles. The fourth-order valence-electron chi connectivity index (χ4n) is 1.22. The zero-order chi connectivity index (χ0) is 13.3. The lowest BCUT2D eigenvalue weighted by molar-refractivity contribution is -0.274. The number of aliphatic hydroxyl groups is 1. The number of hydrogen-bond acceptors (Lipinski definition) is 2. The third-order valence-corrected chi connectivity index (χ3v) is 2.63. The van der Waals surface area contributed by atoms with Crippen LogP contribution in [0.5, 0.6) is 5.75 Å². The Morgan fingerprint density at radius 1 is 1.29 bits per heavy atom. The van der Waals surface area contributed by atoms with Crippen molar-refractivity contribution in [3.63, 3.8) is 0 Å². The van der Waals surface area contributed by atoms with Gasteiger partial charge in [-0.15, -0.1) is 13.2 Å². The first kappa shape index (κ1) is 14.1. The van der Waals surface area contributed by atoms with Crippen LogP contribution in [0.4, 0.5) is 13.2 Å².